The van der Waals surface area contributed by atoms with Crippen LogP contribution in [-0.4, -0.2) is 10.9 Å². The number of hydrogen-bond acceptors (Lipinski definition) is 2. The van der Waals surface area contributed by atoms with E-state index in [1.54, 1.807) is 0 Å². The second kappa shape index (κ2) is 3.06. The van der Waals surface area contributed by atoms with Gasteiger partial charge in [0, 0.05) is 16.5 Å². The number of hydrogen-bond donors (Lipinski definition) is 1. The molecular weight excluding hydrogens is 190 g/mol. The molecule has 0 radical (unpaired) electrons. The summed E-state index contributed by atoms with van der Waals surface area (Å²) in [5.74, 6) is 0.646. The van der Waals surface area contributed by atoms with Gasteiger partial charge in [-0.1, -0.05) is 30.4 Å². The Morgan fingerprint density at radius 2 is 2.14 bits per heavy atom. The van der Waals surface area contributed by atoms with E-state index >= 15 is 0 Å². The van der Waals surface area contributed by atoms with Crippen molar-refractivity contribution in [2.45, 2.75) is 31.2 Å². The molecule has 1 N–H and O–H groups in total. The summed E-state index contributed by atoms with van der Waals surface area (Å²) in [5.41, 5.74) is 2.77. The molecule has 2 atom stereocenters. The van der Waals surface area contributed by atoms with Crippen LogP contribution in [0.5, 0.6) is 0 Å². The Morgan fingerprint density at radius 3 is 3.07 bits per heavy atom. The normalized spacial score (nSPS) is 29.3. The first kappa shape index (κ1) is 8.42. The minimum atomic E-state index is 0.441. The number of rotatable bonds is 0. The quantitative estimate of drug-likeness (QED) is 0.650. The van der Waals surface area contributed by atoms with Gasteiger partial charge in [0.25, 0.3) is 0 Å². The summed E-state index contributed by atoms with van der Waals surface area (Å²) >= 11 is 5.43. The van der Waals surface area contributed by atoms with Crippen LogP contribution in [-0.2, 0) is 0 Å². The van der Waals surface area contributed by atoms with Gasteiger partial charge in [-0.05, 0) is 30.9 Å². The van der Waals surface area contributed by atoms with E-state index in [-0.39, 0.29) is 0 Å². The monoisotopic (exact) mass is 203 g/mol. The van der Waals surface area contributed by atoms with Gasteiger partial charge in [0.15, 0.2) is 0 Å². The van der Waals surface area contributed by atoms with Crippen molar-refractivity contribution in [3.8, 4) is 0 Å². The number of benzene rings is 1. The van der Waals surface area contributed by atoms with Crippen LogP contribution in [0.3, 0.4) is 0 Å². The summed E-state index contributed by atoms with van der Waals surface area (Å²) < 4.78 is 0. The zero-order valence-electron chi connectivity index (χ0n) is 7.99. The number of nitrogens with one attached hydrogen (secondary N) is 1. The van der Waals surface area contributed by atoms with Gasteiger partial charge in [0.05, 0.1) is 6.04 Å². The van der Waals surface area contributed by atoms with Gasteiger partial charge in [-0.3, -0.25) is 0 Å². The number of anilines is 1. The molecule has 0 bridgehead atoms. The van der Waals surface area contributed by atoms with Gasteiger partial charge >= 0.3 is 0 Å². The maximum Gasteiger partial charge on any atom is 0.0645 e. The fourth-order valence-electron chi connectivity index (χ4n) is 2.68. The molecule has 1 aromatic rings. The predicted molar refractivity (Wildman–Crippen MR) is 63.0 cm³/mol. The first-order chi connectivity index (χ1) is 6.86. The zero-order valence-corrected chi connectivity index (χ0v) is 8.81. The Morgan fingerprint density at radius 1 is 1.29 bits per heavy atom. The van der Waals surface area contributed by atoms with E-state index in [0.29, 0.717) is 12.0 Å². The standard InChI is InChI=1S/C12H13NS/c14-11-7-3-5-9-8-4-1-2-6-10(8)13-12(9)11/h1-2,4,6,9,12-13H,3,5,7H2. The van der Waals surface area contributed by atoms with Crippen molar-refractivity contribution in [1.82, 2.24) is 0 Å². The Kier molecular flexibility index (Phi) is 1.84. The molecule has 0 saturated heterocycles. The molecule has 1 nitrogen and oxygen atoms in total. The summed E-state index contributed by atoms with van der Waals surface area (Å²) in [4.78, 5) is 1.22. The summed E-state index contributed by atoms with van der Waals surface area (Å²) in [6, 6.07) is 9.06. The van der Waals surface area contributed by atoms with Gasteiger partial charge in [-0.25, -0.2) is 0 Å². The van der Waals surface area contributed by atoms with Crippen molar-refractivity contribution in [2.24, 2.45) is 0 Å². The Balaban J connectivity index is 2.04. The number of para-hydroxylation sites is 1. The van der Waals surface area contributed by atoms with Crippen molar-refractivity contribution < 1.29 is 0 Å². The summed E-state index contributed by atoms with van der Waals surface area (Å²) in [7, 11) is 0. The van der Waals surface area contributed by atoms with Crippen molar-refractivity contribution in [2.75, 3.05) is 5.32 Å². The summed E-state index contributed by atoms with van der Waals surface area (Å²) in [6.45, 7) is 0. The molecule has 1 fully saturated rings. The van der Waals surface area contributed by atoms with Gasteiger partial charge in [0.2, 0.25) is 0 Å². The molecule has 1 heterocycles. The average molecular weight is 203 g/mol. The van der Waals surface area contributed by atoms with Crippen LogP contribution in [0.15, 0.2) is 24.3 Å². The van der Waals surface area contributed by atoms with E-state index in [4.69, 9.17) is 12.2 Å². The molecule has 3 rings (SSSR count). The van der Waals surface area contributed by atoms with E-state index < -0.39 is 0 Å². The molecule has 72 valence electrons. The van der Waals surface area contributed by atoms with E-state index in [1.165, 1.54) is 29.0 Å². The predicted octanol–water partition coefficient (Wildman–Crippen LogP) is 3.12. The molecule has 1 aliphatic carbocycles. The molecule has 2 heteroatoms. The first-order valence-electron chi connectivity index (χ1n) is 5.24. The average Bonchev–Trinajstić information content (AvgIpc) is 2.59. The van der Waals surface area contributed by atoms with Crippen LogP contribution in [0.25, 0.3) is 0 Å². The third-order valence-corrected chi connectivity index (χ3v) is 3.82. The highest BCUT2D eigenvalue weighted by Gasteiger charge is 2.36. The lowest BCUT2D eigenvalue weighted by Crippen LogP contribution is -2.32. The van der Waals surface area contributed by atoms with Gasteiger partial charge in [-0.15, -0.1) is 0 Å². The molecule has 2 unspecified atom stereocenters. The Bertz CT molecular complexity index is 386. The topological polar surface area (TPSA) is 12.0 Å². The molecule has 0 spiro atoms. The maximum absolute atomic E-state index is 5.43. The van der Waals surface area contributed by atoms with E-state index in [2.05, 4.69) is 29.6 Å². The first-order valence-corrected chi connectivity index (χ1v) is 5.65. The van der Waals surface area contributed by atoms with Crippen LogP contribution < -0.4 is 5.32 Å². The lowest BCUT2D eigenvalue weighted by atomic mass is 9.82. The third kappa shape index (κ3) is 1.10. The third-order valence-electron chi connectivity index (χ3n) is 3.36. The van der Waals surface area contributed by atoms with E-state index in [1.807, 2.05) is 0 Å². The molecule has 1 saturated carbocycles. The second-order valence-electron chi connectivity index (χ2n) is 4.17. The highest BCUT2D eigenvalue weighted by Crippen LogP contribution is 2.42. The largest absolute Gasteiger partial charge is 0.377 e. The fraction of sp³-hybridized carbons (Fsp3) is 0.417. The maximum atomic E-state index is 5.43. The van der Waals surface area contributed by atoms with Gasteiger partial charge < -0.3 is 5.32 Å². The van der Waals surface area contributed by atoms with Crippen molar-refractivity contribution in [3.63, 3.8) is 0 Å². The number of thiocarbonyl (C=S) groups is 1. The molecule has 1 aromatic carbocycles. The lowest BCUT2D eigenvalue weighted by molar-refractivity contribution is 0.570. The fourth-order valence-corrected chi connectivity index (χ4v) is 3.05. The summed E-state index contributed by atoms with van der Waals surface area (Å²) in [5, 5.41) is 3.54. The highest BCUT2D eigenvalue weighted by atomic mass is 32.1. The molecule has 0 aromatic heterocycles. The van der Waals surface area contributed by atoms with Crippen LogP contribution in [0.4, 0.5) is 5.69 Å². The minimum absolute atomic E-state index is 0.441. The van der Waals surface area contributed by atoms with Gasteiger partial charge in [-0.2, -0.15) is 0 Å². The van der Waals surface area contributed by atoms with Gasteiger partial charge in [0.1, 0.15) is 0 Å². The summed E-state index contributed by atoms with van der Waals surface area (Å²) in [6.07, 6.45) is 3.67. The van der Waals surface area contributed by atoms with Crippen molar-refractivity contribution >= 4 is 22.8 Å². The molecule has 2 aliphatic rings. The Hall–Kier alpha value is -0.890. The lowest BCUT2D eigenvalue weighted by Gasteiger charge is -2.26. The molecular formula is C12H13NS. The van der Waals surface area contributed by atoms with Crippen LogP contribution in [0.1, 0.15) is 30.7 Å². The SMILES string of the molecule is S=C1CCCC2c3ccccc3NC12. The molecule has 14 heavy (non-hydrogen) atoms. The Labute approximate surface area is 89.5 Å². The molecule has 1 aliphatic heterocycles. The van der Waals surface area contributed by atoms with Crippen molar-refractivity contribution in [3.05, 3.63) is 29.8 Å². The second-order valence-corrected chi connectivity index (χ2v) is 4.70. The van der Waals surface area contributed by atoms with Crippen molar-refractivity contribution in [1.29, 1.82) is 0 Å². The van der Waals surface area contributed by atoms with Crippen LogP contribution in [0, 0.1) is 0 Å². The minimum Gasteiger partial charge on any atom is -0.377 e. The highest BCUT2D eigenvalue weighted by molar-refractivity contribution is 7.80. The van der Waals surface area contributed by atoms with Crippen LogP contribution >= 0.6 is 12.2 Å². The smallest absolute Gasteiger partial charge is 0.0645 e. The van der Waals surface area contributed by atoms with Crippen LogP contribution in [0.2, 0.25) is 0 Å². The van der Waals surface area contributed by atoms with E-state index in [0.717, 1.165) is 6.42 Å². The van der Waals surface area contributed by atoms with E-state index in [9.17, 15) is 0 Å². The molecule has 0 amide bonds. The number of fused-ring (bicyclic) bond motifs is 3. The zero-order chi connectivity index (χ0) is 9.54.